The molecule has 0 radical (unpaired) electrons. The molecule has 2 aliphatic heterocycles. The molecule has 2 N–H and O–H groups in total. The van der Waals surface area contributed by atoms with Crippen LogP contribution in [0, 0.1) is 17.8 Å². The maximum absolute atomic E-state index is 13.0. The average Bonchev–Trinajstić information content (AvgIpc) is 3.28. The zero-order valence-corrected chi connectivity index (χ0v) is 18.2. The molecule has 3 aliphatic rings. The number of carbonyl (C=O) groups excluding carboxylic acids is 2. The Morgan fingerprint density at radius 3 is 2.61 bits per heavy atom. The predicted molar refractivity (Wildman–Crippen MR) is 117 cm³/mol. The van der Waals surface area contributed by atoms with Crippen LogP contribution in [0.3, 0.4) is 0 Å². The SMILES string of the molecule is CCCN1C(=O)[C@@H]2[C@@H](CC(CO)=C3[C@@H](CC/C(C)=C/c4ccc(O)cc4)OC[C@@H]32)C1=O. The number of phenols is 1. The van der Waals surface area contributed by atoms with Crippen LogP contribution in [0.1, 0.15) is 45.1 Å². The van der Waals surface area contributed by atoms with Crippen molar-refractivity contribution in [1.29, 1.82) is 0 Å². The van der Waals surface area contributed by atoms with E-state index in [-0.39, 0.29) is 48.0 Å². The van der Waals surface area contributed by atoms with Gasteiger partial charge in [0.25, 0.3) is 0 Å². The van der Waals surface area contributed by atoms with Gasteiger partial charge in [-0.3, -0.25) is 14.5 Å². The number of rotatable bonds is 7. The lowest BCUT2D eigenvalue weighted by atomic mass is 9.69. The number of hydrogen-bond donors (Lipinski definition) is 2. The van der Waals surface area contributed by atoms with E-state index in [1.807, 2.05) is 19.1 Å². The van der Waals surface area contributed by atoms with Crippen LogP contribution in [-0.4, -0.2) is 52.8 Å². The molecule has 0 spiro atoms. The van der Waals surface area contributed by atoms with Crippen molar-refractivity contribution in [2.75, 3.05) is 19.8 Å². The highest BCUT2D eigenvalue weighted by atomic mass is 16.5. The summed E-state index contributed by atoms with van der Waals surface area (Å²) in [4.78, 5) is 27.3. The van der Waals surface area contributed by atoms with E-state index in [1.165, 1.54) is 10.5 Å². The molecule has 1 aromatic rings. The molecular formula is C25H31NO5. The maximum atomic E-state index is 13.0. The van der Waals surface area contributed by atoms with Crippen LogP contribution in [-0.2, 0) is 14.3 Å². The minimum absolute atomic E-state index is 0.0657. The number of amides is 2. The van der Waals surface area contributed by atoms with Crippen molar-refractivity contribution in [3.8, 4) is 5.75 Å². The van der Waals surface area contributed by atoms with Crippen LogP contribution < -0.4 is 0 Å². The Morgan fingerprint density at radius 2 is 1.94 bits per heavy atom. The first kappa shape index (κ1) is 21.8. The minimum Gasteiger partial charge on any atom is -0.508 e. The molecule has 2 heterocycles. The Bertz CT molecular complexity index is 916. The summed E-state index contributed by atoms with van der Waals surface area (Å²) in [5, 5.41) is 19.5. The number of allylic oxidation sites excluding steroid dienone is 1. The van der Waals surface area contributed by atoms with Gasteiger partial charge >= 0.3 is 0 Å². The van der Waals surface area contributed by atoms with E-state index in [4.69, 9.17) is 4.74 Å². The highest BCUT2D eigenvalue weighted by molar-refractivity contribution is 6.05. The fourth-order valence-corrected chi connectivity index (χ4v) is 5.41. The molecule has 4 atom stereocenters. The number of aliphatic hydroxyl groups is 1. The van der Waals surface area contributed by atoms with Gasteiger partial charge in [0.1, 0.15) is 5.75 Å². The monoisotopic (exact) mass is 425 g/mol. The first-order valence-corrected chi connectivity index (χ1v) is 11.2. The fourth-order valence-electron chi connectivity index (χ4n) is 5.41. The Hall–Kier alpha value is -2.44. The lowest BCUT2D eigenvalue weighted by Gasteiger charge is -2.31. The predicted octanol–water partition coefficient (Wildman–Crippen LogP) is 3.29. The van der Waals surface area contributed by atoms with Crippen molar-refractivity contribution in [3.05, 3.63) is 46.5 Å². The average molecular weight is 426 g/mol. The van der Waals surface area contributed by atoms with Gasteiger partial charge in [-0.15, -0.1) is 0 Å². The summed E-state index contributed by atoms with van der Waals surface area (Å²) in [7, 11) is 0. The first-order valence-electron chi connectivity index (χ1n) is 11.2. The largest absolute Gasteiger partial charge is 0.508 e. The molecule has 0 saturated carbocycles. The van der Waals surface area contributed by atoms with E-state index in [0.717, 1.165) is 36.0 Å². The number of imide groups is 1. The number of aromatic hydroxyl groups is 1. The molecule has 1 aliphatic carbocycles. The van der Waals surface area contributed by atoms with Gasteiger partial charge in [-0.1, -0.05) is 30.7 Å². The third-order valence-corrected chi connectivity index (χ3v) is 6.84. The second kappa shape index (κ2) is 8.97. The van der Waals surface area contributed by atoms with E-state index in [1.54, 1.807) is 12.1 Å². The molecule has 31 heavy (non-hydrogen) atoms. The summed E-state index contributed by atoms with van der Waals surface area (Å²) >= 11 is 0. The summed E-state index contributed by atoms with van der Waals surface area (Å²) < 4.78 is 6.12. The summed E-state index contributed by atoms with van der Waals surface area (Å²) in [6.45, 7) is 4.84. The van der Waals surface area contributed by atoms with Gasteiger partial charge in [0.2, 0.25) is 11.8 Å². The lowest BCUT2D eigenvalue weighted by molar-refractivity contribution is -0.140. The van der Waals surface area contributed by atoms with Crippen LogP contribution in [0.5, 0.6) is 5.75 Å². The second-order valence-corrected chi connectivity index (χ2v) is 8.93. The number of fused-ring (bicyclic) bond motifs is 3. The molecule has 2 saturated heterocycles. The van der Waals surface area contributed by atoms with Gasteiger partial charge in [-0.25, -0.2) is 0 Å². The smallest absolute Gasteiger partial charge is 0.233 e. The van der Waals surface area contributed by atoms with E-state index in [0.29, 0.717) is 19.6 Å². The molecule has 2 fully saturated rings. The molecule has 4 rings (SSSR count). The lowest BCUT2D eigenvalue weighted by Crippen LogP contribution is -2.35. The van der Waals surface area contributed by atoms with Crippen LogP contribution >= 0.6 is 0 Å². The Morgan fingerprint density at radius 1 is 1.19 bits per heavy atom. The zero-order valence-electron chi connectivity index (χ0n) is 18.2. The number of hydrogen-bond acceptors (Lipinski definition) is 5. The summed E-state index contributed by atoms with van der Waals surface area (Å²) in [5.41, 5.74) is 4.16. The first-order chi connectivity index (χ1) is 14.9. The summed E-state index contributed by atoms with van der Waals surface area (Å²) in [6, 6.07) is 7.09. The molecule has 6 heteroatoms. The molecular weight excluding hydrogens is 394 g/mol. The summed E-state index contributed by atoms with van der Waals surface area (Å²) in [5.74, 6) is -0.708. The minimum atomic E-state index is -0.353. The van der Waals surface area contributed by atoms with Crippen LogP contribution in [0.25, 0.3) is 6.08 Å². The molecule has 166 valence electrons. The highest BCUT2D eigenvalue weighted by Crippen LogP contribution is 2.49. The molecule has 0 unspecified atom stereocenters. The zero-order chi connectivity index (χ0) is 22.1. The number of ether oxygens (including phenoxy) is 1. The standard InChI is InChI=1S/C25H31NO5/c1-3-10-26-24(29)19-12-17(13-27)22-20(23(19)25(26)30)14-31-21(22)9-4-15(2)11-16-5-7-18(28)8-6-16/h5-8,11,19-21,23,27-28H,3-4,9-10,12-14H2,1-2H3/b15-11+/t19-,20+,21-,23-/m1/s1. The van der Waals surface area contributed by atoms with Crippen molar-refractivity contribution in [2.45, 2.75) is 45.6 Å². The fraction of sp³-hybridized carbons (Fsp3) is 0.520. The summed E-state index contributed by atoms with van der Waals surface area (Å²) in [6.07, 6.45) is 4.77. The number of benzene rings is 1. The molecule has 6 nitrogen and oxygen atoms in total. The molecule has 1 aromatic carbocycles. The van der Waals surface area contributed by atoms with Gasteiger partial charge < -0.3 is 14.9 Å². The van der Waals surface area contributed by atoms with E-state index < -0.39 is 0 Å². The number of carbonyl (C=O) groups is 2. The number of nitrogens with zero attached hydrogens (tertiary/aromatic N) is 1. The van der Waals surface area contributed by atoms with Crippen LogP contribution in [0.2, 0.25) is 0 Å². The topological polar surface area (TPSA) is 87.1 Å². The number of aliphatic hydroxyl groups excluding tert-OH is 1. The molecule has 0 bridgehead atoms. The molecule has 0 aromatic heterocycles. The van der Waals surface area contributed by atoms with E-state index >= 15 is 0 Å². The van der Waals surface area contributed by atoms with Crippen molar-refractivity contribution in [3.63, 3.8) is 0 Å². The Kier molecular flexibility index (Phi) is 6.30. The van der Waals surface area contributed by atoms with Gasteiger partial charge in [-0.05, 0) is 61.4 Å². The number of phenolic OH excluding ortho intramolecular Hbond substituents is 1. The van der Waals surface area contributed by atoms with E-state index in [2.05, 4.69) is 13.0 Å². The normalized spacial score (nSPS) is 28.4. The van der Waals surface area contributed by atoms with Crippen molar-refractivity contribution < 1.29 is 24.5 Å². The quantitative estimate of drug-likeness (QED) is 0.517. The van der Waals surface area contributed by atoms with E-state index in [9.17, 15) is 19.8 Å². The van der Waals surface area contributed by atoms with Crippen molar-refractivity contribution >= 4 is 17.9 Å². The van der Waals surface area contributed by atoms with Gasteiger partial charge in [0, 0.05) is 12.5 Å². The second-order valence-electron chi connectivity index (χ2n) is 8.93. The van der Waals surface area contributed by atoms with Crippen molar-refractivity contribution in [1.82, 2.24) is 4.90 Å². The van der Waals surface area contributed by atoms with Crippen molar-refractivity contribution in [2.24, 2.45) is 17.8 Å². The van der Waals surface area contributed by atoms with Gasteiger partial charge in [0.15, 0.2) is 0 Å². The highest BCUT2D eigenvalue weighted by Gasteiger charge is 2.56. The Balaban J connectivity index is 1.50. The third-order valence-electron chi connectivity index (χ3n) is 6.84. The van der Waals surface area contributed by atoms with Gasteiger partial charge in [0.05, 0.1) is 31.2 Å². The maximum Gasteiger partial charge on any atom is 0.233 e. The molecule has 2 amide bonds. The Labute approximate surface area is 183 Å². The van der Waals surface area contributed by atoms with Crippen LogP contribution in [0.4, 0.5) is 0 Å². The number of likely N-dealkylation sites (tertiary alicyclic amines) is 1. The van der Waals surface area contributed by atoms with Gasteiger partial charge in [-0.2, -0.15) is 0 Å². The van der Waals surface area contributed by atoms with Crippen LogP contribution in [0.15, 0.2) is 41.0 Å². The third kappa shape index (κ3) is 4.06.